The highest BCUT2D eigenvalue weighted by molar-refractivity contribution is 7.11. The lowest BCUT2D eigenvalue weighted by molar-refractivity contribution is 0.0707. The molecule has 2 heterocycles. The maximum Gasteiger partial charge on any atom is 0.253 e. The lowest BCUT2D eigenvalue weighted by Gasteiger charge is -2.31. The van der Waals surface area contributed by atoms with Crippen molar-refractivity contribution in [2.45, 2.75) is 25.7 Å². The summed E-state index contributed by atoms with van der Waals surface area (Å²) in [4.78, 5) is 14.5. The van der Waals surface area contributed by atoms with Crippen molar-refractivity contribution in [2.24, 2.45) is 0 Å². The summed E-state index contributed by atoms with van der Waals surface area (Å²) in [6.07, 6.45) is 2.07. The van der Waals surface area contributed by atoms with Gasteiger partial charge in [-0.15, -0.1) is 21.5 Å². The summed E-state index contributed by atoms with van der Waals surface area (Å²) < 4.78 is 0. The van der Waals surface area contributed by atoms with Gasteiger partial charge in [0.2, 0.25) is 0 Å². The first-order chi connectivity index (χ1) is 10.1. The molecule has 0 bridgehead atoms. The average molecular weight is 322 g/mol. The van der Waals surface area contributed by atoms with Crippen LogP contribution >= 0.6 is 22.9 Å². The number of nitrogens with zero attached hydrogens (tertiary/aromatic N) is 3. The second-order valence-corrected chi connectivity index (χ2v) is 6.91. The highest BCUT2D eigenvalue weighted by Gasteiger charge is 2.27. The van der Waals surface area contributed by atoms with Crippen LogP contribution in [0.1, 0.15) is 39.1 Å². The molecule has 0 spiro atoms. The number of aryl methyl sites for hydroxylation is 1. The van der Waals surface area contributed by atoms with E-state index in [1.807, 2.05) is 11.8 Å². The normalized spacial score (nSPS) is 18.8. The standard InChI is InChI=1S/C15H16ClN3OS/c1-10-17-18-14(21-10)12-3-2-8-19(9-12)15(20)11-4-6-13(16)7-5-11/h4-7,12H,2-3,8-9H2,1H3. The number of likely N-dealkylation sites (tertiary alicyclic amines) is 1. The van der Waals surface area contributed by atoms with Gasteiger partial charge in [-0.1, -0.05) is 11.6 Å². The molecule has 1 aliphatic heterocycles. The zero-order valence-corrected chi connectivity index (χ0v) is 13.3. The second kappa shape index (κ2) is 6.12. The van der Waals surface area contributed by atoms with Crippen molar-refractivity contribution in [1.29, 1.82) is 0 Å². The Balaban J connectivity index is 1.73. The molecular formula is C15H16ClN3OS. The van der Waals surface area contributed by atoms with Crippen molar-refractivity contribution in [3.8, 4) is 0 Å². The number of carbonyl (C=O) groups excluding carboxylic acids is 1. The maximum absolute atomic E-state index is 12.5. The quantitative estimate of drug-likeness (QED) is 0.850. The van der Waals surface area contributed by atoms with Crippen molar-refractivity contribution >= 4 is 28.8 Å². The van der Waals surface area contributed by atoms with Crippen molar-refractivity contribution in [1.82, 2.24) is 15.1 Å². The molecule has 0 radical (unpaired) electrons. The summed E-state index contributed by atoms with van der Waals surface area (Å²) in [6, 6.07) is 7.07. The first kappa shape index (κ1) is 14.5. The van der Waals surface area contributed by atoms with Crippen LogP contribution in [0.4, 0.5) is 0 Å². The van der Waals surface area contributed by atoms with Crippen molar-refractivity contribution in [2.75, 3.05) is 13.1 Å². The van der Waals surface area contributed by atoms with Crippen LogP contribution in [0.5, 0.6) is 0 Å². The van der Waals surface area contributed by atoms with E-state index in [4.69, 9.17) is 11.6 Å². The van der Waals surface area contributed by atoms with E-state index >= 15 is 0 Å². The van der Waals surface area contributed by atoms with E-state index in [2.05, 4.69) is 10.2 Å². The molecule has 1 aliphatic rings. The van der Waals surface area contributed by atoms with Crippen molar-refractivity contribution < 1.29 is 4.79 Å². The number of halogens is 1. The van der Waals surface area contributed by atoms with E-state index in [0.717, 1.165) is 35.9 Å². The topological polar surface area (TPSA) is 46.1 Å². The third-order valence-corrected chi connectivity index (χ3v) is 4.94. The highest BCUT2D eigenvalue weighted by Crippen LogP contribution is 2.29. The fourth-order valence-corrected chi connectivity index (χ4v) is 3.57. The molecule has 1 atom stereocenters. The highest BCUT2D eigenvalue weighted by atomic mass is 35.5. The van der Waals surface area contributed by atoms with Crippen LogP contribution in [0.2, 0.25) is 5.02 Å². The van der Waals surface area contributed by atoms with Gasteiger partial charge in [0.1, 0.15) is 10.0 Å². The molecule has 1 saturated heterocycles. The van der Waals surface area contributed by atoms with Crippen molar-refractivity contribution in [3.63, 3.8) is 0 Å². The first-order valence-electron chi connectivity index (χ1n) is 6.98. The van der Waals surface area contributed by atoms with Crippen LogP contribution in [-0.2, 0) is 0 Å². The summed E-state index contributed by atoms with van der Waals surface area (Å²) in [6.45, 7) is 3.48. The number of hydrogen-bond donors (Lipinski definition) is 0. The molecule has 0 N–H and O–H groups in total. The number of carbonyl (C=O) groups is 1. The zero-order chi connectivity index (χ0) is 14.8. The smallest absolute Gasteiger partial charge is 0.253 e. The van der Waals surface area contributed by atoms with E-state index in [9.17, 15) is 4.79 Å². The van der Waals surface area contributed by atoms with Crippen LogP contribution in [-0.4, -0.2) is 34.1 Å². The molecule has 6 heteroatoms. The number of benzene rings is 1. The SMILES string of the molecule is Cc1nnc(C2CCCN(C(=O)c3ccc(Cl)cc3)C2)s1. The summed E-state index contributed by atoms with van der Waals surface area (Å²) in [5.41, 5.74) is 0.688. The van der Waals surface area contributed by atoms with Crippen LogP contribution in [0.3, 0.4) is 0 Å². The van der Waals surface area contributed by atoms with E-state index in [1.165, 1.54) is 0 Å². The summed E-state index contributed by atoms with van der Waals surface area (Å²) in [5, 5.41) is 11.0. The van der Waals surface area contributed by atoms with Gasteiger partial charge in [0, 0.05) is 29.6 Å². The molecule has 1 unspecified atom stereocenters. The fourth-order valence-electron chi connectivity index (χ4n) is 2.62. The molecule has 1 amide bonds. The molecule has 0 aliphatic carbocycles. The molecular weight excluding hydrogens is 306 g/mol. The number of hydrogen-bond acceptors (Lipinski definition) is 4. The second-order valence-electron chi connectivity index (χ2n) is 5.26. The molecule has 110 valence electrons. The number of piperidine rings is 1. The molecule has 3 rings (SSSR count). The van der Waals surface area contributed by atoms with Gasteiger partial charge >= 0.3 is 0 Å². The molecule has 4 nitrogen and oxygen atoms in total. The van der Waals surface area contributed by atoms with Gasteiger partial charge in [0.25, 0.3) is 5.91 Å². The third-order valence-electron chi connectivity index (χ3n) is 3.69. The Morgan fingerprint density at radius 3 is 2.76 bits per heavy atom. The van der Waals surface area contributed by atoms with E-state index < -0.39 is 0 Å². The summed E-state index contributed by atoms with van der Waals surface area (Å²) in [5.74, 6) is 0.374. The number of aromatic nitrogens is 2. The van der Waals surface area contributed by atoms with Gasteiger partial charge in [-0.3, -0.25) is 4.79 Å². The lowest BCUT2D eigenvalue weighted by atomic mass is 9.98. The Kier molecular flexibility index (Phi) is 4.22. The third kappa shape index (κ3) is 3.24. The van der Waals surface area contributed by atoms with Crippen LogP contribution in [0.25, 0.3) is 0 Å². The van der Waals surface area contributed by atoms with Gasteiger partial charge in [-0.25, -0.2) is 0 Å². The minimum atomic E-state index is 0.0672. The molecule has 0 saturated carbocycles. The average Bonchev–Trinajstić information content (AvgIpc) is 2.94. The van der Waals surface area contributed by atoms with Crippen molar-refractivity contribution in [3.05, 3.63) is 44.9 Å². The van der Waals surface area contributed by atoms with Crippen LogP contribution < -0.4 is 0 Å². The Hall–Kier alpha value is -1.46. The summed E-state index contributed by atoms with van der Waals surface area (Å²) >= 11 is 7.50. The maximum atomic E-state index is 12.5. The van der Waals surface area contributed by atoms with Gasteiger partial charge in [0.05, 0.1) is 0 Å². The first-order valence-corrected chi connectivity index (χ1v) is 8.18. The predicted molar refractivity (Wildman–Crippen MR) is 84.0 cm³/mol. The van der Waals surface area contributed by atoms with Gasteiger partial charge in [-0.2, -0.15) is 0 Å². The van der Waals surface area contributed by atoms with Gasteiger partial charge in [-0.05, 0) is 44.0 Å². The molecule has 1 aromatic carbocycles. The summed E-state index contributed by atoms with van der Waals surface area (Å²) in [7, 11) is 0. The van der Waals surface area contributed by atoms with E-state index in [-0.39, 0.29) is 5.91 Å². The zero-order valence-electron chi connectivity index (χ0n) is 11.8. The Labute approximate surface area is 132 Å². The molecule has 21 heavy (non-hydrogen) atoms. The van der Waals surface area contributed by atoms with E-state index in [0.29, 0.717) is 16.5 Å². The molecule has 1 fully saturated rings. The molecule has 1 aromatic heterocycles. The number of rotatable bonds is 2. The predicted octanol–water partition coefficient (Wildman–Crippen LogP) is 3.52. The minimum Gasteiger partial charge on any atom is -0.338 e. The minimum absolute atomic E-state index is 0.0672. The molecule has 2 aromatic rings. The van der Waals surface area contributed by atoms with Crippen LogP contribution in [0, 0.1) is 6.92 Å². The monoisotopic (exact) mass is 321 g/mol. The van der Waals surface area contributed by atoms with E-state index in [1.54, 1.807) is 35.6 Å². The van der Waals surface area contributed by atoms with Gasteiger partial charge < -0.3 is 4.90 Å². The van der Waals surface area contributed by atoms with Gasteiger partial charge in [0.15, 0.2) is 0 Å². The Bertz CT molecular complexity index is 641. The van der Waals surface area contributed by atoms with Crippen LogP contribution in [0.15, 0.2) is 24.3 Å². The largest absolute Gasteiger partial charge is 0.338 e. The lowest BCUT2D eigenvalue weighted by Crippen LogP contribution is -2.39. The Morgan fingerprint density at radius 1 is 1.33 bits per heavy atom. The number of amides is 1. The fraction of sp³-hybridized carbons (Fsp3) is 0.400. The Morgan fingerprint density at radius 2 is 2.10 bits per heavy atom.